The highest BCUT2D eigenvalue weighted by Gasteiger charge is 2.33. The van der Waals surface area contributed by atoms with E-state index >= 15 is 0 Å². The number of para-hydroxylation sites is 1. The Hall–Kier alpha value is -3.15. The number of aryl methyl sites for hydroxylation is 1. The lowest BCUT2D eigenvalue weighted by Gasteiger charge is -2.13. The van der Waals surface area contributed by atoms with Gasteiger partial charge in [0.1, 0.15) is 0 Å². The van der Waals surface area contributed by atoms with Gasteiger partial charge in [0.25, 0.3) is 5.91 Å². The Morgan fingerprint density at radius 3 is 2.35 bits per heavy atom. The predicted octanol–water partition coefficient (Wildman–Crippen LogP) is 5.33. The molecular formula is C20H15F3N2O. The fourth-order valence-corrected chi connectivity index (χ4v) is 2.50. The Morgan fingerprint density at radius 1 is 0.962 bits per heavy atom. The Kier molecular flexibility index (Phi) is 4.75. The number of carbonyl (C=O) groups excluding carboxylic acids is 1. The molecule has 0 unspecified atom stereocenters. The minimum atomic E-state index is -4.55. The smallest absolute Gasteiger partial charge is 0.321 e. The number of benzene rings is 2. The third-order valence-electron chi connectivity index (χ3n) is 3.87. The van der Waals surface area contributed by atoms with Crippen LogP contribution in [-0.2, 0) is 6.18 Å². The highest BCUT2D eigenvalue weighted by Crippen LogP contribution is 2.34. The van der Waals surface area contributed by atoms with Crippen molar-refractivity contribution in [3.05, 3.63) is 83.7 Å². The van der Waals surface area contributed by atoms with Gasteiger partial charge in [-0.2, -0.15) is 13.2 Å². The molecule has 0 aliphatic carbocycles. The van der Waals surface area contributed by atoms with Crippen LogP contribution < -0.4 is 5.32 Å². The summed E-state index contributed by atoms with van der Waals surface area (Å²) in [4.78, 5) is 16.4. The second-order valence-electron chi connectivity index (χ2n) is 5.83. The normalized spacial score (nSPS) is 11.2. The number of nitrogens with zero attached hydrogens (tertiary/aromatic N) is 1. The second kappa shape index (κ2) is 7.00. The molecule has 3 nitrogen and oxygen atoms in total. The Bertz CT molecular complexity index is 934. The van der Waals surface area contributed by atoms with Crippen molar-refractivity contribution >= 4 is 11.6 Å². The first-order valence-electron chi connectivity index (χ1n) is 7.84. The molecule has 0 aliphatic rings. The maximum atomic E-state index is 13.1. The molecule has 0 bridgehead atoms. The van der Waals surface area contributed by atoms with Crippen molar-refractivity contribution < 1.29 is 18.0 Å². The van der Waals surface area contributed by atoms with Gasteiger partial charge in [-0.3, -0.25) is 9.78 Å². The fraction of sp³-hybridized carbons (Fsp3) is 0.100. The first-order valence-corrected chi connectivity index (χ1v) is 7.84. The van der Waals surface area contributed by atoms with Crippen molar-refractivity contribution in [3.63, 3.8) is 0 Å². The van der Waals surface area contributed by atoms with Crippen LogP contribution in [0.1, 0.15) is 21.5 Å². The van der Waals surface area contributed by atoms with Crippen molar-refractivity contribution in [1.29, 1.82) is 0 Å². The first-order chi connectivity index (χ1) is 12.3. The van der Waals surface area contributed by atoms with Crippen LogP contribution in [0, 0.1) is 6.92 Å². The largest absolute Gasteiger partial charge is 0.418 e. The first kappa shape index (κ1) is 17.7. The van der Waals surface area contributed by atoms with E-state index in [1.165, 1.54) is 24.4 Å². The highest BCUT2D eigenvalue weighted by atomic mass is 19.4. The molecule has 1 amide bonds. The molecule has 6 heteroatoms. The van der Waals surface area contributed by atoms with E-state index in [0.29, 0.717) is 5.56 Å². The predicted molar refractivity (Wildman–Crippen MR) is 93.8 cm³/mol. The van der Waals surface area contributed by atoms with Gasteiger partial charge >= 0.3 is 6.18 Å². The van der Waals surface area contributed by atoms with Crippen LogP contribution in [0.25, 0.3) is 11.1 Å². The molecule has 0 atom stereocenters. The number of alkyl halides is 3. The molecule has 3 rings (SSSR count). The third-order valence-corrected chi connectivity index (χ3v) is 3.87. The molecule has 0 fully saturated rings. The summed E-state index contributed by atoms with van der Waals surface area (Å²) >= 11 is 0. The number of amides is 1. The van der Waals surface area contributed by atoms with Gasteiger partial charge in [0.15, 0.2) is 0 Å². The summed E-state index contributed by atoms with van der Waals surface area (Å²) < 4.78 is 39.2. The van der Waals surface area contributed by atoms with E-state index in [1.807, 2.05) is 31.2 Å². The minimum Gasteiger partial charge on any atom is -0.321 e. The number of pyridine rings is 1. The van der Waals surface area contributed by atoms with E-state index in [1.54, 1.807) is 12.3 Å². The van der Waals surface area contributed by atoms with E-state index in [-0.39, 0.29) is 11.3 Å². The molecule has 0 spiro atoms. The number of anilines is 1. The molecule has 0 aliphatic heterocycles. The molecule has 26 heavy (non-hydrogen) atoms. The summed E-state index contributed by atoms with van der Waals surface area (Å²) in [6.07, 6.45) is -1.62. The van der Waals surface area contributed by atoms with Gasteiger partial charge in [-0.1, -0.05) is 42.0 Å². The van der Waals surface area contributed by atoms with E-state index in [2.05, 4.69) is 10.3 Å². The Labute approximate surface area is 148 Å². The summed E-state index contributed by atoms with van der Waals surface area (Å²) in [6.45, 7) is 1.96. The average molecular weight is 356 g/mol. The third kappa shape index (κ3) is 3.91. The number of nitrogens with one attached hydrogen (secondary N) is 1. The number of hydrogen-bond acceptors (Lipinski definition) is 2. The lowest BCUT2D eigenvalue weighted by atomic mass is 10.0. The maximum absolute atomic E-state index is 13.1. The minimum absolute atomic E-state index is 0.181. The molecule has 1 N–H and O–H groups in total. The van der Waals surface area contributed by atoms with Crippen LogP contribution in [-0.4, -0.2) is 10.9 Å². The molecular weight excluding hydrogens is 341 g/mol. The number of aromatic nitrogens is 1. The topological polar surface area (TPSA) is 42.0 Å². The van der Waals surface area contributed by atoms with E-state index in [0.717, 1.165) is 17.2 Å². The summed E-state index contributed by atoms with van der Waals surface area (Å²) in [7, 11) is 0. The van der Waals surface area contributed by atoms with Crippen LogP contribution in [0.2, 0.25) is 0 Å². The van der Waals surface area contributed by atoms with Gasteiger partial charge in [0, 0.05) is 18.0 Å². The van der Waals surface area contributed by atoms with E-state index < -0.39 is 17.6 Å². The standard InChI is InChI=1S/C20H15F3N2O/c1-13-6-8-14(9-7-13)15-10-16(12-24-11-15)19(26)25-18-5-3-2-4-17(18)20(21,22)23/h2-12H,1H3,(H,25,26). The van der Waals surface area contributed by atoms with Gasteiger partial charge in [0.05, 0.1) is 16.8 Å². The van der Waals surface area contributed by atoms with Crippen LogP contribution in [0.4, 0.5) is 18.9 Å². The number of halogens is 3. The molecule has 2 aromatic carbocycles. The van der Waals surface area contributed by atoms with Gasteiger partial charge in [-0.25, -0.2) is 0 Å². The molecule has 1 aromatic heterocycles. The number of hydrogen-bond donors (Lipinski definition) is 1. The van der Waals surface area contributed by atoms with Crippen LogP contribution >= 0.6 is 0 Å². The summed E-state index contributed by atoms with van der Waals surface area (Å²) in [6, 6.07) is 14.1. The molecule has 0 radical (unpaired) electrons. The van der Waals surface area contributed by atoms with Gasteiger partial charge < -0.3 is 5.32 Å². The summed E-state index contributed by atoms with van der Waals surface area (Å²) in [5, 5.41) is 2.32. The van der Waals surface area contributed by atoms with Crippen molar-refractivity contribution in [2.24, 2.45) is 0 Å². The molecule has 0 saturated heterocycles. The fourth-order valence-electron chi connectivity index (χ4n) is 2.50. The molecule has 132 valence electrons. The zero-order valence-corrected chi connectivity index (χ0v) is 13.8. The van der Waals surface area contributed by atoms with Gasteiger partial charge in [0.2, 0.25) is 0 Å². The zero-order chi connectivity index (χ0) is 18.7. The lowest BCUT2D eigenvalue weighted by Crippen LogP contribution is -2.16. The molecule has 1 heterocycles. The van der Waals surface area contributed by atoms with Crippen LogP contribution in [0.15, 0.2) is 67.0 Å². The summed E-state index contributed by atoms with van der Waals surface area (Å²) in [5.41, 5.74) is 1.68. The van der Waals surface area contributed by atoms with Crippen LogP contribution in [0.5, 0.6) is 0 Å². The maximum Gasteiger partial charge on any atom is 0.418 e. The quantitative estimate of drug-likeness (QED) is 0.689. The van der Waals surface area contributed by atoms with Gasteiger partial charge in [-0.05, 0) is 30.7 Å². The molecule has 0 saturated carbocycles. The van der Waals surface area contributed by atoms with Crippen molar-refractivity contribution in [1.82, 2.24) is 4.98 Å². The van der Waals surface area contributed by atoms with Crippen molar-refractivity contribution in [2.75, 3.05) is 5.32 Å². The monoisotopic (exact) mass is 356 g/mol. The highest BCUT2D eigenvalue weighted by molar-refractivity contribution is 6.05. The van der Waals surface area contributed by atoms with E-state index in [4.69, 9.17) is 0 Å². The zero-order valence-electron chi connectivity index (χ0n) is 13.8. The van der Waals surface area contributed by atoms with Gasteiger partial charge in [-0.15, -0.1) is 0 Å². The van der Waals surface area contributed by atoms with Crippen molar-refractivity contribution in [2.45, 2.75) is 13.1 Å². The number of carbonyl (C=O) groups is 1. The second-order valence-corrected chi connectivity index (χ2v) is 5.83. The van der Waals surface area contributed by atoms with Crippen molar-refractivity contribution in [3.8, 4) is 11.1 Å². The summed E-state index contributed by atoms with van der Waals surface area (Å²) in [5.74, 6) is -0.650. The lowest BCUT2D eigenvalue weighted by molar-refractivity contribution is -0.136. The molecule has 3 aromatic rings. The SMILES string of the molecule is Cc1ccc(-c2cncc(C(=O)Nc3ccccc3C(F)(F)F)c2)cc1. The average Bonchev–Trinajstić information content (AvgIpc) is 2.62. The Morgan fingerprint density at radius 2 is 1.65 bits per heavy atom. The van der Waals surface area contributed by atoms with Crippen LogP contribution in [0.3, 0.4) is 0 Å². The number of rotatable bonds is 3. The Balaban J connectivity index is 1.88. The van der Waals surface area contributed by atoms with E-state index in [9.17, 15) is 18.0 Å².